The minimum absolute atomic E-state index is 0.0745. The summed E-state index contributed by atoms with van der Waals surface area (Å²) in [5, 5.41) is 3.08. The fourth-order valence-corrected chi connectivity index (χ4v) is 2.72. The molecule has 0 radical (unpaired) electrons. The Morgan fingerprint density at radius 3 is 2.54 bits per heavy atom. The Morgan fingerprint density at radius 1 is 1.15 bits per heavy atom. The van der Waals surface area contributed by atoms with Gasteiger partial charge in [-0.3, -0.25) is 4.79 Å². The van der Waals surface area contributed by atoms with Crippen LogP contribution in [0.5, 0.6) is 5.75 Å². The molecule has 5 nitrogen and oxygen atoms in total. The van der Waals surface area contributed by atoms with Crippen molar-refractivity contribution in [3.63, 3.8) is 0 Å². The number of aromatic nitrogens is 2. The van der Waals surface area contributed by atoms with E-state index in [1.807, 2.05) is 79.3 Å². The highest BCUT2D eigenvalue weighted by molar-refractivity contribution is 5.77. The van der Waals surface area contributed by atoms with E-state index in [0.717, 1.165) is 17.1 Å². The van der Waals surface area contributed by atoms with Crippen LogP contribution in [0.1, 0.15) is 29.4 Å². The average Bonchev–Trinajstić information content (AvgIpc) is 3.07. The van der Waals surface area contributed by atoms with Crippen molar-refractivity contribution < 1.29 is 9.53 Å². The van der Waals surface area contributed by atoms with Crippen molar-refractivity contribution in [2.24, 2.45) is 7.05 Å². The fraction of sp³-hybridized carbons (Fsp3) is 0.238. The molecule has 1 aromatic heterocycles. The summed E-state index contributed by atoms with van der Waals surface area (Å²) in [6.45, 7) is 2.37. The van der Waals surface area contributed by atoms with E-state index in [1.54, 1.807) is 6.20 Å². The smallest absolute Gasteiger partial charge is 0.224 e. The Hall–Kier alpha value is -3.08. The van der Waals surface area contributed by atoms with Crippen LogP contribution in [0, 0.1) is 6.92 Å². The highest BCUT2D eigenvalue weighted by Crippen LogP contribution is 2.21. The van der Waals surface area contributed by atoms with Gasteiger partial charge in [-0.05, 0) is 24.6 Å². The van der Waals surface area contributed by atoms with Gasteiger partial charge in [-0.15, -0.1) is 0 Å². The van der Waals surface area contributed by atoms with Gasteiger partial charge in [0.15, 0.2) is 0 Å². The largest absolute Gasteiger partial charge is 0.493 e. The number of aryl methyl sites for hydroxylation is 2. The van der Waals surface area contributed by atoms with Crippen molar-refractivity contribution in [1.82, 2.24) is 14.9 Å². The number of rotatable bonds is 7. The van der Waals surface area contributed by atoms with Gasteiger partial charge >= 0.3 is 0 Å². The number of para-hydroxylation sites is 1. The summed E-state index contributed by atoms with van der Waals surface area (Å²) >= 11 is 0. The van der Waals surface area contributed by atoms with Crippen LogP contribution in [-0.4, -0.2) is 22.1 Å². The lowest BCUT2D eigenvalue weighted by Gasteiger charge is -2.19. The molecule has 5 heteroatoms. The fourth-order valence-electron chi connectivity index (χ4n) is 2.72. The molecule has 0 spiro atoms. The second-order valence-electron chi connectivity index (χ2n) is 6.22. The molecule has 26 heavy (non-hydrogen) atoms. The molecule has 1 atom stereocenters. The number of carbonyl (C=O) groups is 1. The normalized spacial score (nSPS) is 11.8. The second kappa shape index (κ2) is 8.34. The van der Waals surface area contributed by atoms with Gasteiger partial charge < -0.3 is 14.6 Å². The summed E-state index contributed by atoms with van der Waals surface area (Å²) in [4.78, 5) is 16.9. The van der Waals surface area contributed by atoms with Crippen LogP contribution >= 0.6 is 0 Å². The minimum atomic E-state index is -0.292. The molecule has 1 heterocycles. The predicted octanol–water partition coefficient (Wildman–Crippen LogP) is 3.40. The summed E-state index contributed by atoms with van der Waals surface area (Å²) in [6.07, 6.45) is 3.89. The highest BCUT2D eigenvalue weighted by Gasteiger charge is 2.20. The average molecular weight is 349 g/mol. The van der Waals surface area contributed by atoms with Crippen molar-refractivity contribution in [3.8, 4) is 5.75 Å². The molecule has 0 aliphatic carbocycles. The zero-order chi connectivity index (χ0) is 18.4. The number of amides is 1. The maximum absolute atomic E-state index is 12.5. The molecule has 2 aromatic carbocycles. The van der Waals surface area contributed by atoms with E-state index in [9.17, 15) is 4.79 Å². The molecule has 0 aliphatic rings. The minimum Gasteiger partial charge on any atom is -0.493 e. The first-order valence-electron chi connectivity index (χ1n) is 8.64. The lowest BCUT2D eigenvalue weighted by Crippen LogP contribution is -2.32. The second-order valence-corrected chi connectivity index (χ2v) is 6.22. The first-order chi connectivity index (χ1) is 12.6. The van der Waals surface area contributed by atoms with Gasteiger partial charge in [-0.2, -0.15) is 0 Å². The van der Waals surface area contributed by atoms with Gasteiger partial charge in [0.25, 0.3) is 0 Å². The number of nitrogens with one attached hydrogen (secondary N) is 1. The molecular weight excluding hydrogens is 326 g/mol. The summed E-state index contributed by atoms with van der Waals surface area (Å²) in [5.41, 5.74) is 2.18. The van der Waals surface area contributed by atoms with Gasteiger partial charge in [0, 0.05) is 19.4 Å². The van der Waals surface area contributed by atoms with Gasteiger partial charge in [0.05, 0.1) is 13.0 Å². The summed E-state index contributed by atoms with van der Waals surface area (Å²) in [6, 6.07) is 17.3. The predicted molar refractivity (Wildman–Crippen MR) is 101 cm³/mol. The molecular formula is C21H23N3O2. The van der Waals surface area contributed by atoms with Crippen LogP contribution in [0.25, 0.3) is 0 Å². The molecule has 1 amide bonds. The van der Waals surface area contributed by atoms with Crippen molar-refractivity contribution in [2.45, 2.75) is 19.4 Å². The first-order valence-corrected chi connectivity index (χ1v) is 8.64. The van der Waals surface area contributed by atoms with Crippen molar-refractivity contribution in [3.05, 3.63) is 83.9 Å². The Kier molecular flexibility index (Phi) is 5.69. The first kappa shape index (κ1) is 17.7. The summed E-state index contributed by atoms with van der Waals surface area (Å²) < 4.78 is 7.53. The molecule has 0 bridgehead atoms. The molecule has 1 unspecified atom stereocenters. The third-order valence-corrected chi connectivity index (χ3v) is 4.17. The molecule has 134 valence electrons. The van der Waals surface area contributed by atoms with E-state index in [2.05, 4.69) is 10.3 Å². The summed E-state index contributed by atoms with van der Waals surface area (Å²) in [7, 11) is 1.92. The number of hydrogen-bond donors (Lipinski definition) is 1. The lowest BCUT2D eigenvalue weighted by atomic mass is 10.0. The van der Waals surface area contributed by atoms with Crippen LogP contribution < -0.4 is 10.1 Å². The van der Waals surface area contributed by atoms with Gasteiger partial charge in [0.2, 0.25) is 5.91 Å². The molecule has 0 saturated heterocycles. The number of benzene rings is 2. The highest BCUT2D eigenvalue weighted by atomic mass is 16.5. The number of ether oxygens (including phenoxy) is 1. The molecule has 1 N–H and O–H groups in total. The van der Waals surface area contributed by atoms with E-state index >= 15 is 0 Å². The quantitative estimate of drug-likeness (QED) is 0.711. The van der Waals surface area contributed by atoms with Crippen LogP contribution in [0.4, 0.5) is 0 Å². The molecule has 0 aliphatic heterocycles. The van der Waals surface area contributed by atoms with E-state index in [-0.39, 0.29) is 18.4 Å². The van der Waals surface area contributed by atoms with E-state index in [4.69, 9.17) is 4.74 Å². The Morgan fingerprint density at radius 2 is 1.88 bits per heavy atom. The molecule has 0 fully saturated rings. The third-order valence-electron chi connectivity index (χ3n) is 4.17. The zero-order valence-electron chi connectivity index (χ0n) is 15.1. The van der Waals surface area contributed by atoms with E-state index in [0.29, 0.717) is 6.61 Å². The maximum Gasteiger partial charge on any atom is 0.224 e. The molecule has 0 saturated carbocycles. The summed E-state index contributed by atoms with van der Waals surface area (Å²) in [5.74, 6) is 1.49. The zero-order valence-corrected chi connectivity index (χ0v) is 15.1. The van der Waals surface area contributed by atoms with Gasteiger partial charge in [-0.25, -0.2) is 4.98 Å². The van der Waals surface area contributed by atoms with E-state index in [1.165, 1.54) is 5.56 Å². The SMILES string of the molecule is Cc1ccc(C(NC(=O)CCOc2ccccc2)c2nccn2C)cc1. The lowest BCUT2D eigenvalue weighted by molar-refractivity contribution is -0.122. The van der Waals surface area contributed by atoms with Crippen LogP contribution in [0.2, 0.25) is 0 Å². The Bertz CT molecular complexity index is 841. The topological polar surface area (TPSA) is 56.1 Å². The van der Waals surface area contributed by atoms with Crippen LogP contribution in [0.15, 0.2) is 67.0 Å². The van der Waals surface area contributed by atoms with Crippen molar-refractivity contribution in [2.75, 3.05) is 6.61 Å². The Labute approximate surface area is 153 Å². The van der Waals surface area contributed by atoms with Gasteiger partial charge in [-0.1, -0.05) is 48.0 Å². The number of carbonyl (C=O) groups excluding carboxylic acids is 1. The van der Waals surface area contributed by atoms with Gasteiger partial charge in [0.1, 0.15) is 17.6 Å². The number of nitrogens with zero attached hydrogens (tertiary/aromatic N) is 2. The maximum atomic E-state index is 12.5. The molecule has 3 aromatic rings. The number of hydrogen-bond acceptors (Lipinski definition) is 3. The van der Waals surface area contributed by atoms with Crippen molar-refractivity contribution >= 4 is 5.91 Å². The van der Waals surface area contributed by atoms with E-state index < -0.39 is 0 Å². The molecule has 3 rings (SSSR count). The standard InChI is InChI=1S/C21H23N3O2/c1-16-8-10-17(11-9-16)20(21-22-13-14-24(21)2)23-19(25)12-15-26-18-6-4-3-5-7-18/h3-11,13-14,20H,12,15H2,1-2H3,(H,23,25). The van der Waals surface area contributed by atoms with Crippen molar-refractivity contribution in [1.29, 1.82) is 0 Å². The monoisotopic (exact) mass is 349 g/mol. The Balaban J connectivity index is 1.66. The van der Waals surface area contributed by atoms with Crippen LogP contribution in [0.3, 0.4) is 0 Å². The third kappa shape index (κ3) is 4.51. The number of imidazole rings is 1. The van der Waals surface area contributed by atoms with Crippen LogP contribution in [-0.2, 0) is 11.8 Å².